The van der Waals surface area contributed by atoms with E-state index in [4.69, 9.17) is 0 Å². The Morgan fingerprint density at radius 1 is 0.947 bits per heavy atom. The van der Waals surface area contributed by atoms with Crippen LogP contribution in [0.1, 0.15) is 65.6 Å². The van der Waals surface area contributed by atoms with Crippen molar-refractivity contribution in [2.75, 3.05) is 0 Å². The summed E-state index contributed by atoms with van der Waals surface area (Å²) in [5.41, 5.74) is 3.02. The van der Waals surface area contributed by atoms with Crippen LogP contribution in [0, 0.1) is 0 Å². The summed E-state index contributed by atoms with van der Waals surface area (Å²) in [5, 5.41) is 3.64. The van der Waals surface area contributed by atoms with E-state index in [2.05, 4.69) is 90.2 Å². The fourth-order valence-corrected chi connectivity index (χ4v) is 2.09. The van der Waals surface area contributed by atoms with Gasteiger partial charge in [0.15, 0.2) is 0 Å². The second-order valence-corrected chi connectivity index (χ2v) is 7.27. The molecular weight excluding hydrogens is 230 g/mol. The molecule has 106 valence electrons. The molecule has 0 aliphatic heterocycles. The Hall–Kier alpha value is -1.08. The van der Waals surface area contributed by atoms with Gasteiger partial charge in [0.2, 0.25) is 0 Å². The summed E-state index contributed by atoms with van der Waals surface area (Å²) in [6.45, 7) is 15.4. The molecule has 1 heteroatoms. The van der Waals surface area contributed by atoms with Gasteiger partial charge in [0.05, 0.1) is 6.04 Å². The Balaban J connectivity index is 2.98. The lowest BCUT2D eigenvalue weighted by atomic mass is 9.86. The minimum atomic E-state index is 0.104. The molecule has 0 saturated heterocycles. The van der Waals surface area contributed by atoms with Crippen molar-refractivity contribution in [2.24, 2.45) is 0 Å². The highest BCUT2D eigenvalue weighted by Crippen LogP contribution is 2.25. The molecule has 1 nitrogen and oxygen atoms in total. The lowest BCUT2D eigenvalue weighted by Gasteiger charge is -2.28. The van der Waals surface area contributed by atoms with Gasteiger partial charge in [0, 0.05) is 5.54 Å². The normalized spacial score (nSPS) is 14.9. The fourth-order valence-electron chi connectivity index (χ4n) is 2.09. The van der Waals surface area contributed by atoms with Crippen molar-refractivity contribution in [2.45, 2.75) is 65.5 Å². The predicted octanol–water partition coefficient (Wildman–Crippen LogP) is 4.99. The zero-order valence-electron chi connectivity index (χ0n) is 13.5. The molecule has 0 aliphatic carbocycles. The summed E-state index contributed by atoms with van der Waals surface area (Å²) in [5.74, 6) is 0. The van der Waals surface area contributed by atoms with E-state index in [-0.39, 0.29) is 17.0 Å². The van der Waals surface area contributed by atoms with Crippen molar-refractivity contribution in [3.05, 3.63) is 47.5 Å². The molecule has 0 radical (unpaired) electrons. The minimum absolute atomic E-state index is 0.104. The van der Waals surface area contributed by atoms with E-state index in [1.54, 1.807) is 0 Å². The van der Waals surface area contributed by atoms with Gasteiger partial charge in [0.1, 0.15) is 0 Å². The standard InChI is InChI=1S/C18H29N/c1-8-9-16(19-18(5,6)7)14-10-12-15(13-11-14)17(2,3)4/h8-13,16,19H,1-7H3/b9-8+/t16-/m1/s1. The van der Waals surface area contributed by atoms with Crippen LogP contribution in [0.4, 0.5) is 0 Å². The quantitative estimate of drug-likeness (QED) is 0.754. The molecular formula is C18H29N. The van der Waals surface area contributed by atoms with Crippen molar-refractivity contribution < 1.29 is 0 Å². The highest BCUT2D eigenvalue weighted by Gasteiger charge is 2.18. The molecule has 0 heterocycles. The van der Waals surface area contributed by atoms with Gasteiger partial charge in [-0.15, -0.1) is 0 Å². The number of hydrogen-bond donors (Lipinski definition) is 1. The highest BCUT2D eigenvalue weighted by atomic mass is 15.0. The van der Waals surface area contributed by atoms with Crippen LogP contribution < -0.4 is 5.32 Å². The van der Waals surface area contributed by atoms with Crippen LogP contribution in [-0.2, 0) is 5.41 Å². The van der Waals surface area contributed by atoms with Gasteiger partial charge in [-0.05, 0) is 44.2 Å². The van der Waals surface area contributed by atoms with Gasteiger partial charge < -0.3 is 5.32 Å². The van der Waals surface area contributed by atoms with Crippen molar-refractivity contribution in [3.63, 3.8) is 0 Å². The Labute approximate surface area is 119 Å². The van der Waals surface area contributed by atoms with Crippen LogP contribution in [0.5, 0.6) is 0 Å². The maximum Gasteiger partial charge on any atom is 0.0510 e. The van der Waals surface area contributed by atoms with Gasteiger partial charge in [-0.1, -0.05) is 57.2 Å². The third-order valence-electron chi connectivity index (χ3n) is 3.11. The van der Waals surface area contributed by atoms with Crippen molar-refractivity contribution in [1.29, 1.82) is 0 Å². The van der Waals surface area contributed by atoms with Gasteiger partial charge in [-0.2, -0.15) is 0 Å². The van der Waals surface area contributed by atoms with E-state index < -0.39 is 0 Å². The number of benzene rings is 1. The van der Waals surface area contributed by atoms with Gasteiger partial charge in [-0.3, -0.25) is 0 Å². The molecule has 1 aromatic rings. The minimum Gasteiger partial charge on any atom is -0.302 e. The summed E-state index contributed by atoms with van der Waals surface area (Å²) < 4.78 is 0. The summed E-state index contributed by atoms with van der Waals surface area (Å²) in [6.07, 6.45) is 4.33. The number of rotatable bonds is 3. The lowest BCUT2D eigenvalue weighted by Crippen LogP contribution is -2.38. The SMILES string of the molecule is C/C=C/[C@@H](NC(C)(C)C)c1ccc(C(C)(C)C)cc1. The fraction of sp³-hybridized carbons (Fsp3) is 0.556. The monoisotopic (exact) mass is 259 g/mol. The van der Waals surface area contributed by atoms with Crippen LogP contribution in [0.25, 0.3) is 0 Å². The zero-order chi connectivity index (χ0) is 14.7. The number of allylic oxidation sites excluding steroid dienone is 1. The Bertz CT molecular complexity index is 412. The molecule has 0 aliphatic rings. The van der Waals surface area contributed by atoms with Crippen LogP contribution in [0.2, 0.25) is 0 Å². The van der Waals surface area contributed by atoms with E-state index >= 15 is 0 Å². The zero-order valence-corrected chi connectivity index (χ0v) is 13.5. The van der Waals surface area contributed by atoms with E-state index in [9.17, 15) is 0 Å². The van der Waals surface area contributed by atoms with Crippen LogP contribution in [0.3, 0.4) is 0 Å². The molecule has 0 aromatic heterocycles. The molecule has 19 heavy (non-hydrogen) atoms. The average molecular weight is 259 g/mol. The maximum atomic E-state index is 3.64. The van der Waals surface area contributed by atoms with Crippen molar-refractivity contribution >= 4 is 0 Å². The predicted molar refractivity (Wildman–Crippen MR) is 85.6 cm³/mol. The molecule has 1 aromatic carbocycles. The molecule has 1 atom stereocenters. The first-order chi connectivity index (χ1) is 8.63. The highest BCUT2D eigenvalue weighted by molar-refractivity contribution is 5.31. The van der Waals surface area contributed by atoms with Gasteiger partial charge in [-0.25, -0.2) is 0 Å². The van der Waals surface area contributed by atoms with Gasteiger partial charge in [0.25, 0.3) is 0 Å². The average Bonchev–Trinajstić information content (AvgIpc) is 2.26. The second kappa shape index (κ2) is 5.92. The first-order valence-electron chi connectivity index (χ1n) is 7.14. The smallest absolute Gasteiger partial charge is 0.0510 e. The molecule has 0 spiro atoms. The Morgan fingerprint density at radius 2 is 1.47 bits per heavy atom. The third-order valence-corrected chi connectivity index (χ3v) is 3.11. The first-order valence-corrected chi connectivity index (χ1v) is 7.14. The molecule has 0 fully saturated rings. The summed E-state index contributed by atoms with van der Waals surface area (Å²) in [7, 11) is 0. The largest absolute Gasteiger partial charge is 0.302 e. The summed E-state index contributed by atoms with van der Waals surface area (Å²) >= 11 is 0. The molecule has 0 bridgehead atoms. The summed E-state index contributed by atoms with van der Waals surface area (Å²) in [6, 6.07) is 9.25. The first kappa shape index (κ1) is 16.0. The number of hydrogen-bond acceptors (Lipinski definition) is 1. The van der Waals surface area contributed by atoms with E-state index in [1.807, 2.05) is 0 Å². The molecule has 0 amide bonds. The van der Waals surface area contributed by atoms with Crippen LogP contribution in [-0.4, -0.2) is 5.54 Å². The lowest BCUT2D eigenvalue weighted by molar-refractivity contribution is 0.396. The second-order valence-electron chi connectivity index (χ2n) is 7.27. The third kappa shape index (κ3) is 5.20. The van der Waals surface area contributed by atoms with E-state index in [1.165, 1.54) is 11.1 Å². The van der Waals surface area contributed by atoms with Crippen molar-refractivity contribution in [1.82, 2.24) is 5.32 Å². The molecule has 0 unspecified atom stereocenters. The topological polar surface area (TPSA) is 12.0 Å². The van der Waals surface area contributed by atoms with Gasteiger partial charge >= 0.3 is 0 Å². The number of nitrogens with one attached hydrogen (secondary N) is 1. The van der Waals surface area contributed by atoms with Crippen molar-refractivity contribution in [3.8, 4) is 0 Å². The maximum absolute atomic E-state index is 3.64. The molecule has 0 saturated carbocycles. The van der Waals surface area contributed by atoms with E-state index in [0.717, 1.165) is 0 Å². The van der Waals surface area contributed by atoms with Crippen LogP contribution >= 0.6 is 0 Å². The molecule has 1 N–H and O–H groups in total. The van der Waals surface area contributed by atoms with E-state index in [0.29, 0.717) is 0 Å². The Kier molecular flexibility index (Phi) is 4.98. The Morgan fingerprint density at radius 3 is 1.84 bits per heavy atom. The van der Waals surface area contributed by atoms with Crippen LogP contribution in [0.15, 0.2) is 36.4 Å². The molecule has 1 rings (SSSR count). The summed E-state index contributed by atoms with van der Waals surface area (Å²) in [4.78, 5) is 0.